The van der Waals surface area contributed by atoms with Crippen LogP contribution in [-0.2, 0) is 4.79 Å². The molecule has 0 spiro atoms. The average Bonchev–Trinajstić information content (AvgIpc) is 3.23. The molecule has 59 heavy (non-hydrogen) atoms. The van der Waals surface area contributed by atoms with Crippen LogP contribution in [0.15, 0.2) is 12.2 Å². The van der Waals surface area contributed by atoms with Crippen LogP contribution in [0.2, 0.25) is 0 Å². The minimum Gasteiger partial charge on any atom is -0.394 e. The third-order valence-corrected chi connectivity index (χ3v) is 12.8. The number of carbonyl (C=O) groups is 1. The van der Waals surface area contributed by atoms with Crippen LogP contribution in [0.1, 0.15) is 303 Å². The fourth-order valence-electron chi connectivity index (χ4n) is 8.70. The van der Waals surface area contributed by atoms with Crippen molar-refractivity contribution in [2.75, 3.05) is 6.61 Å². The van der Waals surface area contributed by atoms with Gasteiger partial charge in [0.05, 0.1) is 31.3 Å². The predicted octanol–water partition coefficient (Wildman–Crippen LogP) is 16.3. The number of unbranched alkanes of at least 4 members (excludes halogenated alkanes) is 39. The minimum atomic E-state index is -0.745. The number of aliphatic hydroxyl groups excluding tert-OH is 3. The van der Waals surface area contributed by atoms with Crippen LogP contribution in [0.25, 0.3) is 0 Å². The molecular weight excluding hydrogens is 727 g/mol. The first-order chi connectivity index (χ1) is 29.0. The van der Waals surface area contributed by atoms with Crippen molar-refractivity contribution in [3.8, 4) is 0 Å². The van der Waals surface area contributed by atoms with Gasteiger partial charge in [0.25, 0.3) is 0 Å². The summed E-state index contributed by atoms with van der Waals surface area (Å²) in [5.74, 6) is -0.278. The van der Waals surface area contributed by atoms with Crippen LogP contribution in [0.4, 0.5) is 0 Å². The van der Waals surface area contributed by atoms with Gasteiger partial charge in [-0.15, -0.1) is 0 Å². The Morgan fingerprint density at radius 2 is 0.678 bits per heavy atom. The molecule has 0 saturated heterocycles. The quantitative estimate of drug-likeness (QED) is 0.0363. The molecule has 5 nitrogen and oxygen atoms in total. The van der Waals surface area contributed by atoms with E-state index >= 15 is 0 Å². The Balaban J connectivity index is 3.46. The molecule has 0 aliphatic rings. The van der Waals surface area contributed by atoms with Gasteiger partial charge in [0.2, 0.25) is 5.91 Å². The molecule has 0 radical (unpaired) electrons. The van der Waals surface area contributed by atoms with E-state index < -0.39 is 18.2 Å². The maximum Gasteiger partial charge on any atom is 0.222 e. The molecule has 3 atom stereocenters. The zero-order chi connectivity index (χ0) is 43.0. The maximum absolute atomic E-state index is 12.5. The lowest BCUT2D eigenvalue weighted by Gasteiger charge is -2.23. The summed E-state index contributed by atoms with van der Waals surface area (Å²) in [7, 11) is 0. The van der Waals surface area contributed by atoms with Crippen molar-refractivity contribution in [2.45, 2.75) is 321 Å². The second-order valence-corrected chi connectivity index (χ2v) is 18.8. The highest BCUT2D eigenvalue weighted by Crippen LogP contribution is 2.18. The molecule has 0 fully saturated rings. The molecule has 0 aliphatic heterocycles. The fraction of sp³-hybridized carbons (Fsp3) is 0.944. The van der Waals surface area contributed by atoms with Crippen LogP contribution in [0, 0.1) is 0 Å². The molecule has 0 saturated carbocycles. The minimum absolute atomic E-state index is 0.0408. The third-order valence-electron chi connectivity index (χ3n) is 12.8. The summed E-state index contributed by atoms with van der Waals surface area (Å²) >= 11 is 0. The molecule has 0 aliphatic carbocycles. The SMILES string of the molecule is CCCCCCCCCCCCCC/C=C\CCCCCCCCCCCCCCCCCC(O)CC(=O)NC(CO)C(O)CCCCCCCCCCCCCCC. The van der Waals surface area contributed by atoms with Gasteiger partial charge in [0.1, 0.15) is 0 Å². The lowest BCUT2D eigenvalue weighted by Crippen LogP contribution is -2.46. The van der Waals surface area contributed by atoms with Crippen molar-refractivity contribution >= 4 is 5.91 Å². The molecular formula is C54H107NO4. The summed E-state index contributed by atoms with van der Waals surface area (Å²) < 4.78 is 0. The lowest BCUT2D eigenvalue weighted by molar-refractivity contribution is -0.125. The predicted molar refractivity (Wildman–Crippen MR) is 259 cm³/mol. The number of nitrogens with one attached hydrogen (secondary N) is 1. The van der Waals surface area contributed by atoms with Gasteiger partial charge in [-0.1, -0.05) is 270 Å². The Labute approximate surface area is 369 Å². The Kier molecular flexibility index (Phi) is 49.0. The van der Waals surface area contributed by atoms with Crippen molar-refractivity contribution in [2.24, 2.45) is 0 Å². The molecule has 0 aromatic heterocycles. The second-order valence-electron chi connectivity index (χ2n) is 18.8. The number of amides is 1. The van der Waals surface area contributed by atoms with Crippen LogP contribution in [-0.4, -0.2) is 46.1 Å². The molecule has 4 N–H and O–H groups in total. The van der Waals surface area contributed by atoms with E-state index in [1.807, 2.05) is 0 Å². The first-order valence-corrected chi connectivity index (χ1v) is 27.0. The highest BCUT2D eigenvalue weighted by atomic mass is 16.3. The van der Waals surface area contributed by atoms with Gasteiger partial charge in [0, 0.05) is 0 Å². The van der Waals surface area contributed by atoms with E-state index in [1.165, 1.54) is 244 Å². The van der Waals surface area contributed by atoms with Gasteiger partial charge in [-0.2, -0.15) is 0 Å². The number of aliphatic hydroxyl groups is 3. The summed E-state index contributed by atoms with van der Waals surface area (Å²) in [6, 6.07) is -0.654. The van der Waals surface area contributed by atoms with Crippen LogP contribution in [0.5, 0.6) is 0 Å². The van der Waals surface area contributed by atoms with E-state index in [9.17, 15) is 20.1 Å². The van der Waals surface area contributed by atoms with Gasteiger partial charge in [-0.3, -0.25) is 4.79 Å². The molecule has 1 amide bonds. The monoisotopic (exact) mass is 834 g/mol. The van der Waals surface area contributed by atoms with E-state index in [4.69, 9.17) is 0 Å². The van der Waals surface area contributed by atoms with Crippen molar-refractivity contribution in [1.29, 1.82) is 0 Å². The number of carbonyl (C=O) groups excluding carboxylic acids is 1. The molecule has 0 heterocycles. The van der Waals surface area contributed by atoms with Crippen molar-refractivity contribution in [1.82, 2.24) is 5.32 Å². The summed E-state index contributed by atoms with van der Waals surface area (Å²) in [5, 5.41) is 33.5. The third kappa shape index (κ3) is 46.4. The van der Waals surface area contributed by atoms with E-state index in [0.717, 1.165) is 25.7 Å². The highest BCUT2D eigenvalue weighted by molar-refractivity contribution is 5.76. The van der Waals surface area contributed by atoms with Gasteiger partial charge in [-0.05, 0) is 38.5 Å². The Hall–Kier alpha value is -0.910. The Morgan fingerprint density at radius 3 is 0.983 bits per heavy atom. The Bertz CT molecular complexity index is 833. The van der Waals surface area contributed by atoms with E-state index in [0.29, 0.717) is 12.8 Å². The van der Waals surface area contributed by atoms with Crippen molar-refractivity contribution in [3.63, 3.8) is 0 Å². The standard InChI is InChI=1S/C54H107NO4/c1-3-5-7-9-11-13-15-17-18-19-20-21-22-23-24-25-26-27-28-29-30-31-32-33-34-36-37-39-41-43-45-47-51(57)49-54(59)55-52(50-56)53(58)48-46-44-42-40-38-35-16-14-12-10-8-6-4-2/h23-24,51-53,56-58H,3-22,25-50H2,1-2H3,(H,55,59)/b24-23-. The zero-order valence-corrected chi connectivity index (χ0v) is 40.2. The van der Waals surface area contributed by atoms with Crippen molar-refractivity contribution in [3.05, 3.63) is 12.2 Å². The van der Waals surface area contributed by atoms with Gasteiger partial charge >= 0.3 is 0 Å². The van der Waals surface area contributed by atoms with Crippen LogP contribution in [0.3, 0.4) is 0 Å². The molecule has 5 heteroatoms. The summed E-state index contributed by atoms with van der Waals surface area (Å²) in [6.07, 6.45) is 60.8. The molecule has 0 bridgehead atoms. The summed E-state index contributed by atoms with van der Waals surface area (Å²) in [4.78, 5) is 12.5. The van der Waals surface area contributed by atoms with Crippen LogP contribution < -0.4 is 5.32 Å². The number of rotatable bonds is 50. The largest absolute Gasteiger partial charge is 0.394 e. The molecule has 0 aromatic rings. The first-order valence-electron chi connectivity index (χ1n) is 27.0. The number of hydrogen-bond donors (Lipinski definition) is 4. The molecule has 3 unspecified atom stereocenters. The topological polar surface area (TPSA) is 89.8 Å². The van der Waals surface area contributed by atoms with E-state index in [1.54, 1.807) is 0 Å². The van der Waals surface area contributed by atoms with Crippen LogP contribution >= 0.6 is 0 Å². The second kappa shape index (κ2) is 49.7. The van der Waals surface area contributed by atoms with Gasteiger partial charge in [0.15, 0.2) is 0 Å². The average molecular weight is 834 g/mol. The highest BCUT2D eigenvalue weighted by Gasteiger charge is 2.21. The van der Waals surface area contributed by atoms with E-state index in [2.05, 4.69) is 31.3 Å². The van der Waals surface area contributed by atoms with Crippen molar-refractivity contribution < 1.29 is 20.1 Å². The smallest absolute Gasteiger partial charge is 0.222 e. The molecule has 352 valence electrons. The number of allylic oxidation sites excluding steroid dienone is 2. The van der Waals surface area contributed by atoms with Gasteiger partial charge < -0.3 is 20.6 Å². The fourth-order valence-corrected chi connectivity index (χ4v) is 8.70. The first kappa shape index (κ1) is 58.1. The lowest BCUT2D eigenvalue weighted by atomic mass is 10.0. The molecule has 0 rings (SSSR count). The van der Waals surface area contributed by atoms with Gasteiger partial charge in [-0.25, -0.2) is 0 Å². The normalized spacial score (nSPS) is 13.4. The maximum atomic E-state index is 12.5. The zero-order valence-electron chi connectivity index (χ0n) is 40.2. The summed E-state index contributed by atoms with van der Waals surface area (Å²) in [6.45, 7) is 4.28. The number of hydrogen-bond acceptors (Lipinski definition) is 4. The molecule has 0 aromatic carbocycles. The Morgan fingerprint density at radius 1 is 0.407 bits per heavy atom. The van der Waals surface area contributed by atoms with E-state index in [-0.39, 0.29) is 18.9 Å². The summed E-state index contributed by atoms with van der Waals surface area (Å²) in [5.41, 5.74) is 0.